The highest BCUT2D eigenvalue weighted by Gasteiger charge is 2.39. The number of ether oxygens (including phenoxy) is 2. The minimum Gasteiger partial charge on any atom is -0.389 e. The third-order valence-corrected chi connectivity index (χ3v) is 7.64. The van der Waals surface area contributed by atoms with Crippen LogP contribution in [-0.4, -0.2) is 71.5 Å². The fourth-order valence-electron chi connectivity index (χ4n) is 5.69. The van der Waals surface area contributed by atoms with Crippen molar-refractivity contribution in [2.45, 2.75) is 69.3 Å². The third-order valence-electron chi connectivity index (χ3n) is 7.64. The smallest absolute Gasteiger partial charge is 0.389 e. The van der Waals surface area contributed by atoms with Crippen LogP contribution in [0.3, 0.4) is 0 Å². The fourth-order valence-corrected chi connectivity index (χ4v) is 5.69. The molecule has 6 nitrogen and oxygen atoms in total. The minimum atomic E-state index is -4.38. The van der Waals surface area contributed by atoms with Crippen molar-refractivity contribution in [3.8, 4) is 0 Å². The molecule has 0 unspecified atom stereocenters. The van der Waals surface area contributed by atoms with Crippen molar-refractivity contribution >= 4 is 5.91 Å². The van der Waals surface area contributed by atoms with Crippen molar-refractivity contribution in [3.63, 3.8) is 0 Å². The summed E-state index contributed by atoms with van der Waals surface area (Å²) in [5.74, 6) is 0.0850. The molecule has 1 N–H and O–H groups in total. The topological polar surface area (TPSA) is 62.2 Å². The lowest BCUT2D eigenvalue weighted by molar-refractivity contribution is -0.161. The van der Waals surface area contributed by atoms with E-state index in [-0.39, 0.29) is 30.8 Å². The molecule has 9 heteroatoms. The summed E-state index contributed by atoms with van der Waals surface area (Å²) in [7, 11) is 0. The molecule has 2 fully saturated rings. The van der Waals surface area contributed by atoms with Gasteiger partial charge in [-0.15, -0.1) is 0 Å². The number of benzene rings is 2. The van der Waals surface area contributed by atoms with Crippen LogP contribution < -0.4 is 0 Å². The molecule has 0 radical (unpaired) electrons. The van der Waals surface area contributed by atoms with Gasteiger partial charge in [0.1, 0.15) is 0 Å². The first-order chi connectivity index (χ1) is 17.8. The Balaban J connectivity index is 1.22. The molecule has 3 aliphatic heterocycles. The molecule has 0 aromatic heterocycles. The first-order valence-electron chi connectivity index (χ1n) is 12.9. The molecule has 0 aliphatic carbocycles. The highest BCUT2D eigenvalue weighted by Crippen LogP contribution is 2.32. The van der Waals surface area contributed by atoms with Gasteiger partial charge in [-0.05, 0) is 48.1 Å². The molecule has 3 heterocycles. The van der Waals surface area contributed by atoms with E-state index in [0.29, 0.717) is 45.6 Å². The second-order valence-electron chi connectivity index (χ2n) is 10.3. The number of aliphatic hydroxyl groups excluding tert-OH is 1. The Hall–Kier alpha value is -2.46. The zero-order valence-electron chi connectivity index (χ0n) is 20.7. The standard InChI is InChI=1S/C28H33F3N2O4/c29-28(30,31)22-7-5-19(6-8-22)14-33-16-23(34)17-36-18-26-25(33)10-9-24(37-26)13-27(35)32-12-11-20-3-1-2-4-21(20)15-32/h1-8,23-26,34H,9-18H2/t23-,24+,25-,26+/m0/s1. The molecule has 5 rings (SSSR count). The lowest BCUT2D eigenvalue weighted by Crippen LogP contribution is -2.55. The molecule has 37 heavy (non-hydrogen) atoms. The van der Waals surface area contributed by atoms with Gasteiger partial charge >= 0.3 is 6.18 Å². The molecule has 0 spiro atoms. The molecule has 0 saturated carbocycles. The van der Waals surface area contributed by atoms with Crippen LogP contribution in [-0.2, 0) is 40.0 Å². The van der Waals surface area contributed by atoms with Gasteiger partial charge in [0.25, 0.3) is 0 Å². The van der Waals surface area contributed by atoms with Crippen molar-refractivity contribution < 1.29 is 32.5 Å². The predicted octanol–water partition coefficient (Wildman–Crippen LogP) is 3.79. The average Bonchev–Trinajstić information content (AvgIpc) is 2.87. The van der Waals surface area contributed by atoms with Gasteiger partial charge in [-0.3, -0.25) is 9.69 Å². The Kier molecular flexibility index (Phi) is 7.85. The van der Waals surface area contributed by atoms with Crippen molar-refractivity contribution in [3.05, 3.63) is 70.8 Å². The number of hydrogen-bond donors (Lipinski definition) is 1. The van der Waals surface area contributed by atoms with Crippen molar-refractivity contribution in [2.75, 3.05) is 26.3 Å². The SMILES string of the molecule is O=C(C[C@H]1CC[C@H]2[C@@H](COC[C@@H](O)CN2Cc2ccc(C(F)(F)F)cc2)O1)N1CCc2ccccc2C1. The predicted molar refractivity (Wildman–Crippen MR) is 131 cm³/mol. The summed E-state index contributed by atoms with van der Waals surface area (Å²) in [4.78, 5) is 17.1. The Morgan fingerprint density at radius 1 is 1.03 bits per heavy atom. The van der Waals surface area contributed by atoms with E-state index in [4.69, 9.17) is 9.47 Å². The molecular weight excluding hydrogens is 485 g/mol. The quantitative estimate of drug-likeness (QED) is 0.668. The maximum absolute atomic E-state index is 13.1. The number of nitrogens with zero attached hydrogens (tertiary/aromatic N) is 2. The molecule has 0 bridgehead atoms. The highest BCUT2D eigenvalue weighted by molar-refractivity contribution is 5.77. The number of carbonyl (C=O) groups excluding carboxylic acids is 1. The van der Waals surface area contributed by atoms with Crippen LogP contribution in [0.2, 0.25) is 0 Å². The van der Waals surface area contributed by atoms with Crippen molar-refractivity contribution in [2.24, 2.45) is 0 Å². The van der Waals surface area contributed by atoms with E-state index >= 15 is 0 Å². The molecule has 2 aromatic rings. The Labute approximate surface area is 215 Å². The summed E-state index contributed by atoms with van der Waals surface area (Å²) in [6, 6.07) is 13.3. The highest BCUT2D eigenvalue weighted by atomic mass is 19.4. The van der Waals surface area contributed by atoms with Gasteiger partial charge < -0.3 is 19.5 Å². The van der Waals surface area contributed by atoms with Gasteiger partial charge in [0.15, 0.2) is 0 Å². The number of hydrogen-bond acceptors (Lipinski definition) is 5. The van der Waals surface area contributed by atoms with Gasteiger partial charge in [0.05, 0.1) is 43.5 Å². The maximum Gasteiger partial charge on any atom is 0.416 e. The minimum absolute atomic E-state index is 0.0644. The van der Waals surface area contributed by atoms with E-state index in [0.717, 1.165) is 30.5 Å². The first kappa shape index (κ1) is 26.2. The summed E-state index contributed by atoms with van der Waals surface area (Å²) in [6.07, 6.45) is -2.96. The summed E-state index contributed by atoms with van der Waals surface area (Å²) >= 11 is 0. The zero-order valence-corrected chi connectivity index (χ0v) is 20.7. The van der Waals surface area contributed by atoms with Crippen LogP contribution in [0.1, 0.15) is 41.5 Å². The van der Waals surface area contributed by atoms with Crippen LogP contribution in [0.15, 0.2) is 48.5 Å². The van der Waals surface area contributed by atoms with E-state index in [1.54, 1.807) is 0 Å². The largest absolute Gasteiger partial charge is 0.416 e. The lowest BCUT2D eigenvalue weighted by Gasteiger charge is -2.44. The maximum atomic E-state index is 13.1. The second kappa shape index (κ2) is 11.1. The van der Waals surface area contributed by atoms with E-state index in [9.17, 15) is 23.1 Å². The van der Waals surface area contributed by atoms with Crippen molar-refractivity contribution in [1.29, 1.82) is 0 Å². The van der Waals surface area contributed by atoms with Crippen LogP contribution >= 0.6 is 0 Å². The first-order valence-corrected chi connectivity index (χ1v) is 12.9. The number of aliphatic hydroxyl groups is 1. The number of carbonyl (C=O) groups is 1. The molecule has 200 valence electrons. The van der Waals surface area contributed by atoms with E-state index in [2.05, 4.69) is 17.0 Å². The normalized spacial score (nSPS) is 27.1. The van der Waals surface area contributed by atoms with Gasteiger partial charge in [-0.2, -0.15) is 13.2 Å². The van der Waals surface area contributed by atoms with Gasteiger partial charge in [0, 0.05) is 32.2 Å². The van der Waals surface area contributed by atoms with Crippen LogP contribution in [0.5, 0.6) is 0 Å². The van der Waals surface area contributed by atoms with Gasteiger partial charge in [-0.25, -0.2) is 0 Å². The number of fused-ring (bicyclic) bond motifs is 2. The second-order valence-corrected chi connectivity index (χ2v) is 10.3. The monoisotopic (exact) mass is 518 g/mol. The van der Waals surface area contributed by atoms with Crippen molar-refractivity contribution in [1.82, 2.24) is 9.80 Å². The molecule has 2 saturated heterocycles. The average molecular weight is 519 g/mol. The number of rotatable bonds is 4. The third kappa shape index (κ3) is 6.34. The van der Waals surface area contributed by atoms with Crippen LogP contribution in [0.25, 0.3) is 0 Å². The number of halogens is 3. The number of β-amino-alcohol motifs (C(OH)–C–C–N with tert-alkyl or cyclic N) is 1. The molecule has 1 amide bonds. The Morgan fingerprint density at radius 3 is 2.54 bits per heavy atom. The summed E-state index contributed by atoms with van der Waals surface area (Å²) in [6.45, 7) is 2.52. The summed E-state index contributed by atoms with van der Waals surface area (Å²) in [5.41, 5.74) is 2.55. The zero-order chi connectivity index (χ0) is 26.0. The molecular formula is C28H33F3N2O4. The molecule has 3 aliphatic rings. The summed E-state index contributed by atoms with van der Waals surface area (Å²) in [5, 5.41) is 10.4. The van der Waals surface area contributed by atoms with E-state index in [1.165, 1.54) is 23.3 Å². The molecule has 2 aromatic carbocycles. The van der Waals surface area contributed by atoms with E-state index < -0.39 is 17.8 Å². The van der Waals surface area contributed by atoms with E-state index in [1.807, 2.05) is 17.0 Å². The van der Waals surface area contributed by atoms with Crippen LogP contribution in [0, 0.1) is 0 Å². The fraction of sp³-hybridized carbons (Fsp3) is 0.536. The van der Waals surface area contributed by atoms with Gasteiger partial charge in [-0.1, -0.05) is 36.4 Å². The number of amides is 1. The number of alkyl halides is 3. The Bertz CT molecular complexity index is 1080. The van der Waals surface area contributed by atoms with Gasteiger partial charge in [0.2, 0.25) is 5.91 Å². The Morgan fingerprint density at radius 2 is 1.78 bits per heavy atom. The van der Waals surface area contributed by atoms with Crippen LogP contribution in [0.4, 0.5) is 13.2 Å². The summed E-state index contributed by atoms with van der Waals surface area (Å²) < 4.78 is 51.0. The lowest BCUT2D eigenvalue weighted by atomic mass is 9.93. The molecule has 4 atom stereocenters.